The fourth-order valence-electron chi connectivity index (χ4n) is 1.93. The van der Waals surface area contributed by atoms with Crippen LogP contribution >= 0.6 is 11.3 Å². The first-order valence-corrected chi connectivity index (χ1v) is 7.72. The molecule has 1 N–H and O–H groups in total. The van der Waals surface area contributed by atoms with Crippen LogP contribution in [0.3, 0.4) is 0 Å². The molecule has 2 rings (SSSR count). The van der Waals surface area contributed by atoms with Gasteiger partial charge in [-0.15, -0.1) is 0 Å². The van der Waals surface area contributed by atoms with Crippen molar-refractivity contribution in [2.24, 2.45) is 5.92 Å². The first kappa shape index (κ1) is 12.0. The summed E-state index contributed by atoms with van der Waals surface area (Å²) in [7, 11) is -3.15. The van der Waals surface area contributed by atoms with E-state index in [-0.39, 0.29) is 18.2 Å². The van der Waals surface area contributed by atoms with Crippen LogP contribution in [0.25, 0.3) is 0 Å². The Kier molecular flexibility index (Phi) is 3.34. The number of hydrogen-bond donors (Lipinski definition) is 1. The van der Waals surface area contributed by atoms with Gasteiger partial charge in [-0.05, 0) is 28.3 Å². The molecule has 2 atom stereocenters. The molecular weight excluding hydrogens is 246 g/mol. The van der Waals surface area contributed by atoms with E-state index in [0.29, 0.717) is 6.54 Å². The van der Waals surface area contributed by atoms with Gasteiger partial charge in [-0.2, -0.15) is 15.6 Å². The molecule has 0 bridgehead atoms. The van der Waals surface area contributed by atoms with Crippen molar-refractivity contribution in [2.75, 3.05) is 18.8 Å². The number of nitrogens with zero attached hydrogens (tertiary/aromatic N) is 1. The summed E-state index contributed by atoms with van der Waals surface area (Å²) in [5.74, 6) is 0.350. The summed E-state index contributed by atoms with van der Waals surface area (Å²) >= 11 is 1.50. The van der Waals surface area contributed by atoms with Crippen molar-refractivity contribution in [1.29, 1.82) is 0 Å². The maximum atomic E-state index is 11.7. The Morgan fingerprint density at radius 1 is 1.69 bits per heavy atom. The molecule has 90 valence electrons. The zero-order valence-corrected chi connectivity index (χ0v) is 10.7. The molecule has 1 aliphatic heterocycles. The molecule has 1 aromatic rings. The first-order valence-electron chi connectivity index (χ1n) is 5.17. The van der Waals surface area contributed by atoms with Gasteiger partial charge in [-0.25, -0.2) is 8.42 Å². The topological polar surface area (TPSA) is 57.6 Å². The van der Waals surface area contributed by atoms with E-state index in [4.69, 9.17) is 0 Å². The standard InChI is InChI=1S/C10H15NO3S2/c1-8-4-11(16(13,14)7-8)5-10(12)9-2-3-15-6-9/h2-3,6,8,10,12H,4-5,7H2,1H3. The van der Waals surface area contributed by atoms with Gasteiger partial charge in [0.25, 0.3) is 0 Å². The van der Waals surface area contributed by atoms with Crippen LogP contribution in [0.4, 0.5) is 0 Å². The molecule has 1 fully saturated rings. The van der Waals surface area contributed by atoms with Gasteiger partial charge in [-0.3, -0.25) is 0 Å². The molecule has 2 unspecified atom stereocenters. The normalized spacial score (nSPS) is 27.0. The molecule has 0 radical (unpaired) electrons. The van der Waals surface area contributed by atoms with Crippen molar-refractivity contribution >= 4 is 21.4 Å². The average Bonchev–Trinajstić information content (AvgIpc) is 2.74. The quantitative estimate of drug-likeness (QED) is 0.885. The summed E-state index contributed by atoms with van der Waals surface area (Å²) in [5.41, 5.74) is 0.791. The average molecular weight is 261 g/mol. The number of β-amino-alcohol motifs (C(OH)–C–C–N with tert-alkyl or cyclic N) is 1. The lowest BCUT2D eigenvalue weighted by Gasteiger charge is -2.18. The Morgan fingerprint density at radius 3 is 2.94 bits per heavy atom. The number of thiophene rings is 1. The minimum Gasteiger partial charge on any atom is -0.387 e. The SMILES string of the molecule is CC1CN(CC(O)c2ccsc2)S(=O)(=O)C1. The molecule has 0 aromatic carbocycles. The second-order valence-electron chi connectivity index (χ2n) is 4.27. The Bertz CT molecular complexity index is 441. The fraction of sp³-hybridized carbons (Fsp3) is 0.600. The molecule has 0 saturated carbocycles. The van der Waals surface area contributed by atoms with E-state index in [1.54, 1.807) is 0 Å². The van der Waals surface area contributed by atoms with E-state index in [0.717, 1.165) is 5.56 Å². The van der Waals surface area contributed by atoms with Gasteiger partial charge in [0.1, 0.15) is 0 Å². The summed E-state index contributed by atoms with van der Waals surface area (Å²) in [6, 6.07) is 1.82. The van der Waals surface area contributed by atoms with Crippen molar-refractivity contribution in [3.05, 3.63) is 22.4 Å². The molecule has 0 spiro atoms. The van der Waals surface area contributed by atoms with Crippen molar-refractivity contribution < 1.29 is 13.5 Å². The monoisotopic (exact) mass is 261 g/mol. The molecule has 6 heteroatoms. The molecule has 0 aliphatic carbocycles. The van der Waals surface area contributed by atoms with Crippen molar-refractivity contribution in [3.8, 4) is 0 Å². The van der Waals surface area contributed by atoms with Crippen LogP contribution in [0.15, 0.2) is 16.8 Å². The fourth-order valence-corrected chi connectivity index (χ4v) is 4.52. The lowest BCUT2D eigenvalue weighted by molar-refractivity contribution is 0.148. The Labute approximate surface area is 99.6 Å². The highest BCUT2D eigenvalue weighted by molar-refractivity contribution is 7.89. The van der Waals surface area contributed by atoms with Gasteiger partial charge >= 0.3 is 0 Å². The lowest BCUT2D eigenvalue weighted by atomic mass is 10.2. The Hall–Kier alpha value is -0.430. The molecule has 1 saturated heterocycles. The smallest absolute Gasteiger partial charge is 0.214 e. The van der Waals surface area contributed by atoms with Gasteiger partial charge in [-0.1, -0.05) is 6.92 Å². The highest BCUT2D eigenvalue weighted by Crippen LogP contribution is 2.24. The van der Waals surface area contributed by atoms with E-state index < -0.39 is 16.1 Å². The summed E-state index contributed by atoms with van der Waals surface area (Å²) in [6.07, 6.45) is -0.716. The molecule has 1 aromatic heterocycles. The second-order valence-corrected chi connectivity index (χ2v) is 7.07. The van der Waals surface area contributed by atoms with Crippen molar-refractivity contribution in [1.82, 2.24) is 4.31 Å². The minimum atomic E-state index is -3.15. The number of rotatable bonds is 3. The van der Waals surface area contributed by atoms with Gasteiger partial charge in [0.15, 0.2) is 0 Å². The van der Waals surface area contributed by atoms with E-state index in [1.165, 1.54) is 15.6 Å². The third-order valence-corrected chi connectivity index (χ3v) is 5.49. The molecular formula is C10H15NO3S2. The van der Waals surface area contributed by atoms with Crippen LogP contribution in [0, 0.1) is 5.92 Å². The largest absolute Gasteiger partial charge is 0.387 e. The zero-order chi connectivity index (χ0) is 11.8. The number of hydrogen-bond acceptors (Lipinski definition) is 4. The highest BCUT2D eigenvalue weighted by atomic mass is 32.2. The maximum absolute atomic E-state index is 11.7. The molecule has 16 heavy (non-hydrogen) atoms. The van der Waals surface area contributed by atoms with Gasteiger partial charge in [0.05, 0.1) is 11.9 Å². The Balaban J connectivity index is 2.06. The third kappa shape index (κ3) is 2.45. The lowest BCUT2D eigenvalue weighted by Crippen LogP contribution is -2.30. The molecule has 1 aliphatic rings. The Morgan fingerprint density at radius 2 is 2.44 bits per heavy atom. The van der Waals surface area contributed by atoms with Crippen LogP contribution in [0.1, 0.15) is 18.6 Å². The summed E-state index contributed by atoms with van der Waals surface area (Å²) in [4.78, 5) is 0. The summed E-state index contributed by atoms with van der Waals surface area (Å²) in [6.45, 7) is 2.60. The number of aliphatic hydroxyl groups is 1. The summed E-state index contributed by atoms with van der Waals surface area (Å²) in [5, 5.41) is 13.6. The minimum absolute atomic E-state index is 0.152. The third-order valence-electron chi connectivity index (χ3n) is 2.71. The predicted octanol–water partition coefficient (Wildman–Crippen LogP) is 1.06. The van der Waals surface area contributed by atoms with Crippen LogP contribution in [-0.2, 0) is 10.0 Å². The zero-order valence-electron chi connectivity index (χ0n) is 9.04. The highest BCUT2D eigenvalue weighted by Gasteiger charge is 2.34. The van der Waals surface area contributed by atoms with Gasteiger partial charge in [0, 0.05) is 13.1 Å². The second kappa shape index (κ2) is 4.44. The van der Waals surface area contributed by atoms with Crippen LogP contribution in [-0.4, -0.2) is 36.7 Å². The van der Waals surface area contributed by atoms with Crippen LogP contribution in [0.5, 0.6) is 0 Å². The molecule has 2 heterocycles. The van der Waals surface area contributed by atoms with E-state index in [2.05, 4.69) is 0 Å². The first-order chi connectivity index (χ1) is 7.49. The van der Waals surface area contributed by atoms with Gasteiger partial charge < -0.3 is 5.11 Å². The summed E-state index contributed by atoms with van der Waals surface area (Å²) < 4.78 is 24.8. The van der Waals surface area contributed by atoms with Crippen molar-refractivity contribution in [3.63, 3.8) is 0 Å². The van der Waals surface area contributed by atoms with E-state index in [9.17, 15) is 13.5 Å². The van der Waals surface area contributed by atoms with Crippen molar-refractivity contribution in [2.45, 2.75) is 13.0 Å². The molecule has 4 nitrogen and oxygen atoms in total. The van der Waals surface area contributed by atoms with E-state index in [1.807, 2.05) is 23.8 Å². The number of aliphatic hydroxyl groups excluding tert-OH is 1. The molecule has 0 amide bonds. The van der Waals surface area contributed by atoms with Gasteiger partial charge in [0.2, 0.25) is 10.0 Å². The predicted molar refractivity (Wildman–Crippen MR) is 63.8 cm³/mol. The van der Waals surface area contributed by atoms with E-state index >= 15 is 0 Å². The van der Waals surface area contributed by atoms with Crippen LogP contribution < -0.4 is 0 Å². The van der Waals surface area contributed by atoms with Crippen LogP contribution in [0.2, 0.25) is 0 Å². The maximum Gasteiger partial charge on any atom is 0.214 e. The number of sulfonamides is 1.